The van der Waals surface area contributed by atoms with Crippen LogP contribution < -0.4 is 15.2 Å². The number of H-pyrrole nitrogens is 1. The average molecular weight is 557 g/mol. The van der Waals surface area contributed by atoms with E-state index in [1.807, 2.05) is 12.4 Å². The molecule has 1 unspecified atom stereocenters. The number of aromatic nitrogens is 5. The molecule has 6 rings (SSSR count). The van der Waals surface area contributed by atoms with Crippen LogP contribution in [0, 0.1) is 6.92 Å². The molecule has 1 fully saturated rings. The van der Waals surface area contributed by atoms with Crippen LogP contribution in [0.5, 0.6) is 0 Å². The maximum atomic E-state index is 9.97. The number of nitrogens with one attached hydrogen (secondary N) is 3. The van der Waals surface area contributed by atoms with E-state index in [2.05, 4.69) is 99.7 Å². The molecule has 3 aromatic heterocycles. The van der Waals surface area contributed by atoms with Crippen molar-refractivity contribution >= 4 is 23.4 Å². The summed E-state index contributed by atoms with van der Waals surface area (Å²) < 4.78 is 4.39. The van der Waals surface area contributed by atoms with Gasteiger partial charge < -0.3 is 15.7 Å². The molecular formula is C31H38N7OS+. The Morgan fingerprint density at radius 1 is 1.12 bits per heavy atom. The zero-order chi connectivity index (χ0) is 27.6. The highest BCUT2D eigenvalue weighted by Crippen LogP contribution is 2.41. The zero-order valence-electron chi connectivity index (χ0n) is 23.4. The number of thioether (sulfide) groups is 1. The normalized spacial score (nSPS) is 20.9. The van der Waals surface area contributed by atoms with Crippen LogP contribution in [0.1, 0.15) is 61.9 Å². The second kappa shape index (κ2) is 11.5. The number of fused-ring (bicyclic) bond motifs is 1. The van der Waals surface area contributed by atoms with Crippen LogP contribution in [0.15, 0.2) is 71.1 Å². The molecule has 8 nitrogen and oxygen atoms in total. The lowest BCUT2D eigenvalue weighted by Crippen LogP contribution is -2.29. The van der Waals surface area contributed by atoms with Gasteiger partial charge in [0.25, 0.3) is 5.82 Å². The molecule has 4 heterocycles. The van der Waals surface area contributed by atoms with Crippen LogP contribution in [0.4, 0.5) is 11.6 Å². The van der Waals surface area contributed by atoms with Crippen molar-refractivity contribution in [1.82, 2.24) is 19.7 Å². The summed E-state index contributed by atoms with van der Waals surface area (Å²) in [5.74, 6) is 3.34. The summed E-state index contributed by atoms with van der Waals surface area (Å²) in [6, 6.07) is 11.4. The van der Waals surface area contributed by atoms with E-state index in [-0.39, 0.29) is 6.10 Å². The van der Waals surface area contributed by atoms with E-state index in [9.17, 15) is 5.11 Å². The summed E-state index contributed by atoms with van der Waals surface area (Å²) in [6.45, 7) is 5.19. The van der Waals surface area contributed by atoms with Crippen LogP contribution in [0.3, 0.4) is 0 Å². The van der Waals surface area contributed by atoms with Gasteiger partial charge in [-0.2, -0.15) is 5.10 Å². The standard InChI is InChI=1S/C31H38N7OS/c1-20-4-11-31(40-28-16-23(5-10-27(20)28)24-17-32-33-18-24)36-30-15-22(19-38-13-12-37(3)21(38)2)14-29(35-30)34-25-6-8-26(39)9-7-25/h5,10-18,20,25-26,39H,4,6-9,19H2,1-3H3,(H,32,33)(H2,34,35,36)/q+1. The zero-order valence-corrected chi connectivity index (χ0v) is 24.2. The van der Waals surface area contributed by atoms with Crippen molar-refractivity contribution in [3.8, 4) is 11.1 Å². The maximum absolute atomic E-state index is 9.97. The Morgan fingerprint density at radius 2 is 1.95 bits per heavy atom. The van der Waals surface area contributed by atoms with E-state index in [0.717, 1.165) is 66.4 Å². The lowest BCUT2D eigenvalue weighted by molar-refractivity contribution is -0.677. The number of benzene rings is 1. The first-order valence-corrected chi connectivity index (χ1v) is 15.0. The van der Waals surface area contributed by atoms with Gasteiger partial charge in [-0.15, -0.1) is 0 Å². The number of aliphatic hydroxyl groups excluding tert-OH is 1. The van der Waals surface area contributed by atoms with Gasteiger partial charge in [0, 0.05) is 35.2 Å². The third-order valence-corrected chi connectivity index (χ3v) is 9.25. The molecule has 1 aromatic carbocycles. The van der Waals surface area contributed by atoms with Gasteiger partial charge in [-0.3, -0.25) is 5.10 Å². The molecule has 208 valence electrons. The molecule has 0 radical (unpaired) electrons. The summed E-state index contributed by atoms with van der Waals surface area (Å²) in [6.07, 6.45) is 14.7. The summed E-state index contributed by atoms with van der Waals surface area (Å²) in [5.41, 5.74) is 4.80. The molecule has 2 aliphatic rings. The molecule has 4 aromatic rings. The number of allylic oxidation sites excluding steroid dienone is 1. The third-order valence-electron chi connectivity index (χ3n) is 8.19. The van der Waals surface area contributed by atoms with E-state index < -0.39 is 0 Å². The summed E-state index contributed by atoms with van der Waals surface area (Å²) in [7, 11) is 2.07. The van der Waals surface area contributed by atoms with Crippen molar-refractivity contribution in [1.29, 1.82) is 0 Å². The van der Waals surface area contributed by atoms with Gasteiger partial charge in [-0.1, -0.05) is 36.9 Å². The van der Waals surface area contributed by atoms with Crippen molar-refractivity contribution in [3.63, 3.8) is 0 Å². The van der Waals surface area contributed by atoms with Gasteiger partial charge in [0.1, 0.15) is 30.6 Å². The Balaban J connectivity index is 1.27. The fraction of sp³-hybridized carbons (Fsp3) is 0.387. The van der Waals surface area contributed by atoms with E-state index in [0.29, 0.717) is 12.0 Å². The van der Waals surface area contributed by atoms with Crippen LogP contribution in [-0.2, 0) is 13.6 Å². The summed E-state index contributed by atoms with van der Waals surface area (Å²) in [5, 5.41) is 25.5. The molecule has 0 spiro atoms. The Labute approximate surface area is 239 Å². The molecule has 4 N–H and O–H groups in total. The lowest BCUT2D eigenvalue weighted by Gasteiger charge is -2.27. The van der Waals surface area contributed by atoms with Crippen LogP contribution >= 0.6 is 11.8 Å². The van der Waals surface area contributed by atoms with Crippen molar-refractivity contribution in [2.24, 2.45) is 7.05 Å². The van der Waals surface area contributed by atoms with Gasteiger partial charge in [0.15, 0.2) is 0 Å². The SMILES string of the molecule is Cc1n(Cc2cc(NC3=CCC(C)c4ccc(-c5cn[nH]c5)cc4S3)nc(NC3CCC(O)CC3)c2)cc[n+]1C. The highest BCUT2D eigenvalue weighted by Gasteiger charge is 2.21. The van der Waals surface area contributed by atoms with Gasteiger partial charge >= 0.3 is 0 Å². The number of nitrogens with zero attached hydrogens (tertiary/aromatic N) is 4. The smallest absolute Gasteiger partial charge is 0.253 e. The van der Waals surface area contributed by atoms with Gasteiger partial charge in [0.05, 0.1) is 24.4 Å². The minimum Gasteiger partial charge on any atom is -0.393 e. The van der Waals surface area contributed by atoms with E-state index >= 15 is 0 Å². The van der Waals surface area contributed by atoms with Crippen LogP contribution in [0.2, 0.25) is 0 Å². The van der Waals surface area contributed by atoms with E-state index in [1.54, 1.807) is 11.8 Å². The number of aromatic amines is 1. The van der Waals surface area contributed by atoms with Gasteiger partial charge in [-0.25, -0.2) is 14.1 Å². The molecule has 0 bridgehead atoms. The van der Waals surface area contributed by atoms with Crippen molar-refractivity contribution < 1.29 is 9.67 Å². The van der Waals surface area contributed by atoms with Crippen molar-refractivity contribution in [2.45, 2.75) is 75.5 Å². The summed E-state index contributed by atoms with van der Waals surface area (Å²) >= 11 is 1.77. The highest BCUT2D eigenvalue weighted by molar-refractivity contribution is 8.03. The first kappa shape index (κ1) is 26.7. The minimum atomic E-state index is -0.175. The number of hydrogen-bond acceptors (Lipinski definition) is 6. The molecule has 0 saturated heterocycles. The number of aryl methyl sites for hydroxylation is 1. The fourth-order valence-corrected chi connectivity index (χ4v) is 6.75. The second-order valence-electron chi connectivity index (χ2n) is 11.2. The number of rotatable bonds is 7. The third kappa shape index (κ3) is 5.95. The average Bonchev–Trinajstić information content (AvgIpc) is 3.56. The molecule has 1 aliphatic carbocycles. The topological polar surface area (TPSA) is 94.7 Å². The number of hydrogen-bond donors (Lipinski definition) is 4. The Hall–Kier alpha value is -3.56. The van der Waals surface area contributed by atoms with Gasteiger partial charge in [-0.05, 0) is 67.3 Å². The van der Waals surface area contributed by atoms with Crippen molar-refractivity contribution in [2.75, 3.05) is 10.6 Å². The maximum Gasteiger partial charge on any atom is 0.253 e. The van der Waals surface area contributed by atoms with E-state index in [4.69, 9.17) is 4.98 Å². The largest absolute Gasteiger partial charge is 0.393 e. The van der Waals surface area contributed by atoms with Gasteiger partial charge in [0.2, 0.25) is 0 Å². The quantitative estimate of drug-likeness (QED) is 0.218. The molecule has 1 atom stereocenters. The molecule has 1 aliphatic heterocycles. The number of aliphatic hydroxyl groups is 1. The Kier molecular flexibility index (Phi) is 7.67. The lowest BCUT2D eigenvalue weighted by atomic mass is 9.93. The predicted molar refractivity (Wildman–Crippen MR) is 160 cm³/mol. The monoisotopic (exact) mass is 556 g/mol. The molecular weight excluding hydrogens is 518 g/mol. The Bertz CT molecular complexity index is 1500. The molecule has 0 amide bonds. The first-order chi connectivity index (χ1) is 19.4. The summed E-state index contributed by atoms with van der Waals surface area (Å²) in [4.78, 5) is 6.27. The molecule has 1 saturated carbocycles. The number of pyridine rings is 1. The van der Waals surface area contributed by atoms with E-state index in [1.165, 1.54) is 21.8 Å². The predicted octanol–water partition coefficient (Wildman–Crippen LogP) is 5.72. The minimum absolute atomic E-state index is 0.175. The first-order valence-electron chi connectivity index (χ1n) is 14.2. The second-order valence-corrected chi connectivity index (χ2v) is 12.2. The van der Waals surface area contributed by atoms with Crippen molar-refractivity contribution in [3.05, 3.63) is 83.2 Å². The van der Waals surface area contributed by atoms with Crippen LogP contribution in [-0.4, -0.2) is 37.0 Å². The molecule has 9 heteroatoms. The number of anilines is 2. The van der Waals surface area contributed by atoms with Crippen LogP contribution in [0.25, 0.3) is 11.1 Å². The Morgan fingerprint density at radius 3 is 2.70 bits per heavy atom. The number of imidazole rings is 1. The molecule has 40 heavy (non-hydrogen) atoms. The highest BCUT2D eigenvalue weighted by atomic mass is 32.2. The fourth-order valence-electron chi connectivity index (χ4n) is 5.60.